The van der Waals surface area contributed by atoms with Gasteiger partial charge in [-0.3, -0.25) is 9.89 Å². The van der Waals surface area contributed by atoms with E-state index < -0.39 is 17.7 Å². The first-order valence-electron chi connectivity index (χ1n) is 4.38. The fourth-order valence-electron chi connectivity index (χ4n) is 1.21. The molecule has 0 bridgehead atoms. The molecular weight excluding hydrogens is 206 g/mol. The third-order valence-electron chi connectivity index (χ3n) is 1.96. The predicted molar refractivity (Wildman–Crippen MR) is 47.9 cm³/mol. The van der Waals surface area contributed by atoms with Crippen LogP contribution in [0.15, 0.2) is 10.9 Å². The number of H-pyrrole nitrogens is 1. The summed E-state index contributed by atoms with van der Waals surface area (Å²) in [5.41, 5.74) is -1.13. The summed E-state index contributed by atoms with van der Waals surface area (Å²) in [6.45, 7) is 1.83. The summed E-state index contributed by atoms with van der Waals surface area (Å²) in [5, 5.41) is 2.67. The van der Waals surface area contributed by atoms with Gasteiger partial charge < -0.3 is 0 Å². The van der Waals surface area contributed by atoms with Crippen LogP contribution in [-0.4, -0.2) is 19.6 Å². The summed E-state index contributed by atoms with van der Waals surface area (Å²) in [4.78, 5) is 18.8. The fraction of sp³-hybridized carbons (Fsp3) is 0.375. The fourth-order valence-corrected chi connectivity index (χ4v) is 1.21. The van der Waals surface area contributed by atoms with Crippen LogP contribution in [0.5, 0.6) is 0 Å². The maximum atomic E-state index is 12.3. The highest BCUT2D eigenvalue weighted by Crippen LogP contribution is 2.14. The Hall–Kier alpha value is -1.79. The Bertz CT molecular complexity index is 545. The molecule has 0 aliphatic rings. The first-order valence-corrected chi connectivity index (χ1v) is 4.38. The third kappa shape index (κ3) is 1.60. The first kappa shape index (κ1) is 9.75. The van der Waals surface area contributed by atoms with Gasteiger partial charge in [0.2, 0.25) is 0 Å². The topological polar surface area (TPSA) is 63.1 Å². The molecule has 0 unspecified atom stereocenters. The smallest absolute Gasteiger partial charge is 0.275 e. The van der Waals surface area contributed by atoms with Crippen molar-refractivity contribution in [3.63, 3.8) is 0 Å². The molecule has 2 aromatic heterocycles. The van der Waals surface area contributed by atoms with E-state index in [4.69, 9.17) is 0 Å². The Balaban J connectivity index is 2.70. The third-order valence-corrected chi connectivity index (χ3v) is 1.96. The van der Waals surface area contributed by atoms with Gasteiger partial charge in [-0.2, -0.15) is 9.50 Å². The van der Waals surface area contributed by atoms with Crippen LogP contribution in [0.2, 0.25) is 0 Å². The van der Waals surface area contributed by atoms with E-state index in [0.717, 1.165) is 10.6 Å². The number of hydrogen-bond donors (Lipinski definition) is 1. The highest BCUT2D eigenvalue weighted by Gasteiger charge is 2.13. The molecular formula is C8H8F2N4O. The standard InChI is InChI=1S/C8H8F2N4O/c1-2-5-12-8-11-4(7(9)10)3-6(15)14(8)13-5/h3,7H,2H2,1H3,(H,11,12,13). The van der Waals surface area contributed by atoms with Crippen LogP contribution in [0.1, 0.15) is 24.9 Å². The lowest BCUT2D eigenvalue weighted by Gasteiger charge is -1.96. The highest BCUT2D eigenvalue weighted by molar-refractivity contribution is 5.28. The van der Waals surface area contributed by atoms with Crippen LogP contribution in [-0.2, 0) is 6.42 Å². The number of alkyl halides is 2. The maximum Gasteiger partial charge on any atom is 0.280 e. The molecule has 2 rings (SSSR count). The van der Waals surface area contributed by atoms with Crippen LogP contribution in [0.4, 0.5) is 8.78 Å². The molecule has 2 aromatic rings. The van der Waals surface area contributed by atoms with Crippen molar-refractivity contribution in [3.05, 3.63) is 27.9 Å². The summed E-state index contributed by atoms with van der Waals surface area (Å²) >= 11 is 0. The second-order valence-electron chi connectivity index (χ2n) is 2.98. The number of aryl methyl sites for hydroxylation is 1. The van der Waals surface area contributed by atoms with Crippen LogP contribution < -0.4 is 5.56 Å². The monoisotopic (exact) mass is 214 g/mol. The minimum atomic E-state index is -2.76. The second kappa shape index (κ2) is 3.41. The Morgan fingerprint density at radius 1 is 1.53 bits per heavy atom. The van der Waals surface area contributed by atoms with Gasteiger partial charge in [0, 0.05) is 12.5 Å². The second-order valence-corrected chi connectivity index (χ2v) is 2.98. The maximum absolute atomic E-state index is 12.3. The normalized spacial score (nSPS) is 11.5. The quantitative estimate of drug-likeness (QED) is 0.808. The molecule has 80 valence electrons. The number of aromatic nitrogens is 4. The van der Waals surface area contributed by atoms with Crippen molar-refractivity contribution < 1.29 is 8.78 Å². The Labute approximate surface area is 82.8 Å². The van der Waals surface area contributed by atoms with Gasteiger partial charge in [-0.15, -0.1) is 0 Å². The van der Waals surface area contributed by atoms with Crippen LogP contribution in [0, 0.1) is 0 Å². The summed E-state index contributed by atoms with van der Waals surface area (Å²) < 4.78 is 25.7. The molecule has 0 amide bonds. The lowest BCUT2D eigenvalue weighted by molar-refractivity contribution is 0.146. The zero-order valence-electron chi connectivity index (χ0n) is 7.87. The van der Waals surface area contributed by atoms with Crippen molar-refractivity contribution in [2.75, 3.05) is 0 Å². The molecule has 1 N–H and O–H groups in total. The van der Waals surface area contributed by atoms with E-state index in [2.05, 4.69) is 15.1 Å². The van der Waals surface area contributed by atoms with Crippen LogP contribution >= 0.6 is 0 Å². The first-order chi connectivity index (χ1) is 7.11. The number of nitrogens with one attached hydrogen (secondary N) is 1. The SMILES string of the molecule is CCc1nc2nc(C(F)F)cc(=O)n2[nH]1. The van der Waals surface area contributed by atoms with E-state index in [1.807, 2.05) is 6.92 Å². The number of hydrogen-bond acceptors (Lipinski definition) is 3. The molecule has 0 saturated heterocycles. The van der Waals surface area contributed by atoms with Crippen molar-refractivity contribution in [2.45, 2.75) is 19.8 Å². The molecule has 5 nitrogen and oxygen atoms in total. The average Bonchev–Trinajstić information content (AvgIpc) is 2.61. The van der Waals surface area contributed by atoms with Gasteiger partial charge >= 0.3 is 0 Å². The molecule has 0 saturated carbocycles. The molecule has 0 aromatic carbocycles. The number of nitrogens with zero attached hydrogens (tertiary/aromatic N) is 3. The predicted octanol–water partition coefficient (Wildman–Crippen LogP) is 0.918. The number of halogens is 2. The molecule has 15 heavy (non-hydrogen) atoms. The molecule has 0 spiro atoms. The summed E-state index contributed by atoms with van der Waals surface area (Å²) in [6.07, 6.45) is -2.18. The van der Waals surface area contributed by atoms with Crippen molar-refractivity contribution in [2.24, 2.45) is 0 Å². The van der Waals surface area contributed by atoms with Gasteiger partial charge in [0.15, 0.2) is 0 Å². The van der Waals surface area contributed by atoms with Crippen molar-refractivity contribution in [1.82, 2.24) is 19.6 Å². The molecule has 0 atom stereocenters. The van der Waals surface area contributed by atoms with E-state index in [-0.39, 0.29) is 5.78 Å². The van der Waals surface area contributed by atoms with E-state index in [1.165, 1.54) is 0 Å². The van der Waals surface area contributed by atoms with Gasteiger partial charge in [-0.25, -0.2) is 13.8 Å². The Kier molecular flexibility index (Phi) is 2.22. The van der Waals surface area contributed by atoms with Crippen molar-refractivity contribution in [3.8, 4) is 0 Å². The minimum absolute atomic E-state index is 0.0188. The lowest BCUT2D eigenvalue weighted by Crippen LogP contribution is -2.15. The van der Waals surface area contributed by atoms with E-state index in [9.17, 15) is 13.6 Å². The van der Waals surface area contributed by atoms with Gasteiger partial charge in [0.1, 0.15) is 11.5 Å². The molecule has 0 aliphatic heterocycles. The molecule has 7 heteroatoms. The zero-order valence-corrected chi connectivity index (χ0v) is 7.87. The van der Waals surface area contributed by atoms with Gasteiger partial charge in [-0.05, 0) is 0 Å². The van der Waals surface area contributed by atoms with Gasteiger partial charge in [0.05, 0.1) is 0 Å². The number of rotatable bonds is 2. The van der Waals surface area contributed by atoms with Crippen LogP contribution in [0.25, 0.3) is 5.78 Å². The molecule has 0 fully saturated rings. The Morgan fingerprint density at radius 2 is 2.27 bits per heavy atom. The highest BCUT2D eigenvalue weighted by atomic mass is 19.3. The van der Waals surface area contributed by atoms with E-state index >= 15 is 0 Å². The number of aromatic amines is 1. The molecule has 0 aliphatic carbocycles. The summed E-state index contributed by atoms with van der Waals surface area (Å²) in [5.74, 6) is 0.515. The molecule has 0 radical (unpaired) electrons. The van der Waals surface area contributed by atoms with Gasteiger partial charge in [0.25, 0.3) is 17.8 Å². The summed E-state index contributed by atoms with van der Waals surface area (Å²) in [7, 11) is 0. The van der Waals surface area contributed by atoms with Gasteiger partial charge in [-0.1, -0.05) is 6.92 Å². The van der Waals surface area contributed by atoms with Crippen molar-refractivity contribution in [1.29, 1.82) is 0 Å². The number of fused-ring (bicyclic) bond motifs is 1. The van der Waals surface area contributed by atoms with Crippen molar-refractivity contribution >= 4 is 5.78 Å². The van der Waals surface area contributed by atoms with E-state index in [1.54, 1.807) is 0 Å². The summed E-state index contributed by atoms with van der Waals surface area (Å²) in [6, 6.07) is 0.801. The molecule has 2 heterocycles. The Morgan fingerprint density at radius 3 is 2.87 bits per heavy atom. The average molecular weight is 214 g/mol. The minimum Gasteiger partial charge on any atom is -0.275 e. The largest absolute Gasteiger partial charge is 0.280 e. The lowest BCUT2D eigenvalue weighted by atomic mass is 10.4. The van der Waals surface area contributed by atoms with E-state index in [0.29, 0.717) is 12.2 Å². The van der Waals surface area contributed by atoms with Crippen LogP contribution in [0.3, 0.4) is 0 Å². The zero-order chi connectivity index (χ0) is 11.0.